The van der Waals surface area contributed by atoms with E-state index in [4.69, 9.17) is 9.47 Å². The van der Waals surface area contributed by atoms with Gasteiger partial charge in [0.05, 0.1) is 19.4 Å². The van der Waals surface area contributed by atoms with E-state index >= 15 is 0 Å². The Morgan fingerprint density at radius 1 is 1.28 bits per heavy atom. The normalized spacial score (nSPS) is 20.4. The maximum absolute atomic E-state index is 13.0. The molecule has 36 heavy (non-hydrogen) atoms. The molecule has 1 aromatic carbocycles. The molecule has 1 atom stereocenters. The molecule has 2 amide bonds. The van der Waals surface area contributed by atoms with Crippen LogP contribution in [0.25, 0.3) is 5.65 Å². The molecule has 190 valence electrons. The van der Waals surface area contributed by atoms with Crippen LogP contribution < -0.4 is 14.8 Å². The van der Waals surface area contributed by atoms with E-state index in [1.807, 2.05) is 4.90 Å². The number of carbonyl (C=O) groups excluding carboxylic acids is 2. The van der Waals surface area contributed by atoms with E-state index in [0.717, 1.165) is 44.7 Å². The molecule has 0 saturated carbocycles. The summed E-state index contributed by atoms with van der Waals surface area (Å²) in [5, 5.41) is 7.01. The lowest BCUT2D eigenvalue weighted by Crippen LogP contribution is -2.57. The second kappa shape index (κ2) is 9.62. The standard InChI is InChI=1S/C25H30N6O4S/c1-17-12-30(10-9-24(2,3)25(17)14-34-15-25)23(33)36-29-20-13-31-21(27-20)7-8-22(28-31)35-19-6-4-5-18(11-19)26-16-32/h4-8,11,13,16-17,29H,9-10,12,14-15H2,1-3H3,(H,26,32). The molecule has 1 spiro atoms. The van der Waals surface area contributed by atoms with Crippen LogP contribution >= 0.6 is 11.9 Å². The van der Waals surface area contributed by atoms with Gasteiger partial charge in [0.25, 0.3) is 0 Å². The Hall–Kier alpha value is -3.31. The van der Waals surface area contributed by atoms with Crippen LogP contribution in [0.4, 0.5) is 16.3 Å². The fourth-order valence-corrected chi connectivity index (χ4v) is 5.64. The molecule has 2 aliphatic heterocycles. The molecule has 2 saturated heterocycles. The maximum atomic E-state index is 13.0. The Morgan fingerprint density at radius 2 is 2.11 bits per heavy atom. The number of hydrogen-bond acceptors (Lipinski definition) is 8. The number of benzene rings is 1. The Kier molecular flexibility index (Phi) is 6.52. The van der Waals surface area contributed by atoms with Crippen LogP contribution in [-0.2, 0) is 9.53 Å². The summed E-state index contributed by atoms with van der Waals surface area (Å²) in [6, 6.07) is 10.5. The fraction of sp³-hybridized carbons (Fsp3) is 0.440. The summed E-state index contributed by atoms with van der Waals surface area (Å²) in [6.45, 7) is 9.82. The summed E-state index contributed by atoms with van der Waals surface area (Å²) in [4.78, 5) is 30.1. The zero-order valence-corrected chi connectivity index (χ0v) is 21.4. The average molecular weight is 511 g/mol. The van der Waals surface area contributed by atoms with Crippen LogP contribution in [0.3, 0.4) is 0 Å². The zero-order chi connectivity index (χ0) is 25.3. The number of carbonyl (C=O) groups is 2. The van der Waals surface area contributed by atoms with Crippen LogP contribution in [-0.4, -0.2) is 57.5 Å². The molecule has 0 aliphatic carbocycles. The highest BCUT2D eigenvalue weighted by Gasteiger charge is 2.55. The number of amides is 2. The second-order valence-electron chi connectivity index (χ2n) is 10.1. The molecular formula is C25H30N6O4S. The molecule has 11 heteroatoms. The summed E-state index contributed by atoms with van der Waals surface area (Å²) in [5.41, 5.74) is 1.50. The number of ether oxygens (including phenoxy) is 2. The fourth-order valence-electron chi connectivity index (χ4n) is 5.06. The number of anilines is 2. The van der Waals surface area contributed by atoms with Gasteiger partial charge in [0, 0.05) is 48.3 Å². The van der Waals surface area contributed by atoms with Gasteiger partial charge in [-0.05, 0) is 36.0 Å². The number of aromatic nitrogens is 3. The monoisotopic (exact) mass is 510 g/mol. The number of imidazole rings is 1. The van der Waals surface area contributed by atoms with Crippen molar-refractivity contribution in [1.82, 2.24) is 19.5 Å². The first-order chi connectivity index (χ1) is 17.3. The van der Waals surface area contributed by atoms with Gasteiger partial charge < -0.3 is 24.4 Å². The van der Waals surface area contributed by atoms with Gasteiger partial charge in [-0.2, -0.15) is 0 Å². The molecule has 10 nitrogen and oxygen atoms in total. The largest absolute Gasteiger partial charge is 0.438 e. The molecule has 2 fully saturated rings. The van der Waals surface area contributed by atoms with E-state index in [2.05, 4.69) is 40.9 Å². The van der Waals surface area contributed by atoms with Crippen molar-refractivity contribution >= 4 is 40.7 Å². The van der Waals surface area contributed by atoms with Crippen molar-refractivity contribution in [2.75, 3.05) is 36.3 Å². The third-order valence-electron chi connectivity index (χ3n) is 7.59. The van der Waals surface area contributed by atoms with E-state index in [1.165, 1.54) is 0 Å². The molecule has 2 aromatic heterocycles. The molecule has 0 radical (unpaired) electrons. The molecule has 2 aliphatic rings. The highest BCUT2D eigenvalue weighted by molar-refractivity contribution is 8.14. The molecule has 1 unspecified atom stereocenters. The molecular weight excluding hydrogens is 480 g/mol. The van der Waals surface area contributed by atoms with Crippen molar-refractivity contribution < 1.29 is 19.1 Å². The van der Waals surface area contributed by atoms with Crippen LogP contribution in [0.15, 0.2) is 42.6 Å². The van der Waals surface area contributed by atoms with Crippen molar-refractivity contribution in [2.45, 2.75) is 27.2 Å². The predicted octanol–water partition coefficient (Wildman–Crippen LogP) is 4.65. The lowest BCUT2D eigenvalue weighted by molar-refractivity contribution is -0.200. The van der Waals surface area contributed by atoms with Crippen LogP contribution in [0.1, 0.15) is 27.2 Å². The number of nitrogens with zero attached hydrogens (tertiary/aromatic N) is 4. The van der Waals surface area contributed by atoms with Crippen molar-refractivity contribution in [2.24, 2.45) is 16.7 Å². The molecule has 3 aromatic rings. The Balaban J connectivity index is 1.22. The van der Waals surface area contributed by atoms with Crippen LogP contribution in [0.2, 0.25) is 0 Å². The number of likely N-dealkylation sites (tertiary alicyclic amines) is 1. The Morgan fingerprint density at radius 3 is 2.86 bits per heavy atom. The van der Waals surface area contributed by atoms with Gasteiger partial charge in [0.1, 0.15) is 5.75 Å². The quantitative estimate of drug-likeness (QED) is 0.364. The lowest BCUT2D eigenvalue weighted by Gasteiger charge is -2.55. The third-order valence-corrected chi connectivity index (χ3v) is 8.33. The maximum Gasteiger partial charge on any atom is 0.302 e. The number of fused-ring (bicyclic) bond motifs is 1. The minimum absolute atomic E-state index is 0.0206. The minimum atomic E-state index is -0.0206. The van der Waals surface area contributed by atoms with Gasteiger partial charge in [-0.15, -0.1) is 5.10 Å². The van der Waals surface area contributed by atoms with E-state index in [1.54, 1.807) is 47.1 Å². The van der Waals surface area contributed by atoms with Gasteiger partial charge >= 0.3 is 5.24 Å². The van der Waals surface area contributed by atoms with Crippen LogP contribution in [0.5, 0.6) is 11.6 Å². The predicted molar refractivity (Wildman–Crippen MR) is 138 cm³/mol. The number of rotatable bonds is 6. The van der Waals surface area contributed by atoms with Gasteiger partial charge in [-0.1, -0.05) is 26.8 Å². The first kappa shape index (κ1) is 24.4. The molecule has 5 rings (SSSR count). The second-order valence-corrected chi connectivity index (χ2v) is 10.8. The van der Waals surface area contributed by atoms with Crippen molar-refractivity contribution in [1.29, 1.82) is 0 Å². The van der Waals surface area contributed by atoms with Crippen LogP contribution in [0, 0.1) is 16.7 Å². The number of hydrogen-bond donors (Lipinski definition) is 2. The molecule has 0 bridgehead atoms. The SMILES string of the molecule is CC1CN(C(=O)SNc2cn3nc(Oc4cccc(NC=O)c4)ccc3n2)CCC(C)(C)C12COC2. The van der Waals surface area contributed by atoms with Crippen molar-refractivity contribution in [3.8, 4) is 11.6 Å². The van der Waals surface area contributed by atoms with E-state index in [0.29, 0.717) is 41.1 Å². The summed E-state index contributed by atoms with van der Waals surface area (Å²) in [5.74, 6) is 1.80. The van der Waals surface area contributed by atoms with Gasteiger partial charge in [0.2, 0.25) is 12.3 Å². The lowest BCUT2D eigenvalue weighted by atomic mass is 9.57. The van der Waals surface area contributed by atoms with Crippen molar-refractivity contribution in [3.63, 3.8) is 0 Å². The Bertz CT molecular complexity index is 1270. The average Bonchev–Trinajstić information content (AvgIpc) is 3.17. The molecule has 2 N–H and O–H groups in total. The summed E-state index contributed by atoms with van der Waals surface area (Å²) in [6.07, 6.45) is 3.27. The zero-order valence-electron chi connectivity index (χ0n) is 20.6. The highest BCUT2D eigenvalue weighted by Crippen LogP contribution is 2.54. The van der Waals surface area contributed by atoms with E-state index in [9.17, 15) is 9.59 Å². The van der Waals surface area contributed by atoms with Crippen molar-refractivity contribution in [3.05, 3.63) is 42.6 Å². The third kappa shape index (κ3) is 4.60. The van der Waals surface area contributed by atoms with E-state index in [-0.39, 0.29) is 16.1 Å². The van der Waals surface area contributed by atoms with Gasteiger partial charge in [-0.3, -0.25) is 9.59 Å². The smallest absolute Gasteiger partial charge is 0.302 e. The first-order valence-electron chi connectivity index (χ1n) is 11.9. The first-order valence-corrected chi connectivity index (χ1v) is 12.8. The molecule has 4 heterocycles. The Labute approximate surface area is 213 Å². The van der Waals surface area contributed by atoms with Gasteiger partial charge in [0.15, 0.2) is 11.5 Å². The van der Waals surface area contributed by atoms with Gasteiger partial charge in [-0.25, -0.2) is 9.50 Å². The number of nitrogens with one attached hydrogen (secondary N) is 2. The topological polar surface area (TPSA) is 110 Å². The summed E-state index contributed by atoms with van der Waals surface area (Å²) >= 11 is 1.04. The summed E-state index contributed by atoms with van der Waals surface area (Å²) < 4.78 is 16.1. The summed E-state index contributed by atoms with van der Waals surface area (Å²) in [7, 11) is 0. The van der Waals surface area contributed by atoms with E-state index < -0.39 is 0 Å². The highest BCUT2D eigenvalue weighted by atomic mass is 32.2. The minimum Gasteiger partial charge on any atom is -0.438 e.